The van der Waals surface area contributed by atoms with Gasteiger partial charge in [-0.1, -0.05) is 36.2 Å². The number of hydrogen-bond acceptors (Lipinski definition) is 6. The molecule has 0 aliphatic rings. The third-order valence-corrected chi connectivity index (χ3v) is 8.68. The number of benzene rings is 3. The number of nitrogens with one attached hydrogen (secondary N) is 1. The van der Waals surface area contributed by atoms with Gasteiger partial charge in [-0.3, -0.25) is 13.9 Å². The first kappa shape index (κ1) is 32.0. The molecule has 0 aliphatic heterocycles. The molecule has 3 aromatic rings. The van der Waals surface area contributed by atoms with Crippen molar-refractivity contribution >= 4 is 50.7 Å². The Kier molecular flexibility index (Phi) is 10.8. The Balaban J connectivity index is 2.11. The average Bonchev–Trinajstić information content (AvgIpc) is 2.96. The Morgan fingerprint density at radius 2 is 1.63 bits per heavy atom. The maximum absolute atomic E-state index is 14.0. The van der Waals surface area contributed by atoms with Gasteiger partial charge in [-0.05, 0) is 60.5 Å². The van der Waals surface area contributed by atoms with E-state index in [2.05, 4.69) is 5.32 Å². The molecule has 0 heterocycles. The lowest BCUT2D eigenvalue weighted by Gasteiger charge is -2.33. The van der Waals surface area contributed by atoms with Gasteiger partial charge in [0.15, 0.2) is 11.5 Å². The number of rotatable bonds is 12. The van der Waals surface area contributed by atoms with E-state index in [1.807, 2.05) is 0 Å². The molecule has 13 heteroatoms. The molecule has 0 fully saturated rings. The third kappa shape index (κ3) is 7.41. The summed E-state index contributed by atoms with van der Waals surface area (Å²) < 4.78 is 53.1. The topological polar surface area (TPSA) is 105 Å². The summed E-state index contributed by atoms with van der Waals surface area (Å²) in [6, 6.07) is 12.4. The molecule has 0 aliphatic carbocycles. The summed E-state index contributed by atoms with van der Waals surface area (Å²) in [5.74, 6) is -1.27. The molecule has 0 bridgehead atoms. The highest BCUT2D eigenvalue weighted by molar-refractivity contribution is 7.92. The number of nitrogens with zero attached hydrogens (tertiary/aromatic N) is 2. The molecule has 0 saturated carbocycles. The highest BCUT2D eigenvalue weighted by atomic mass is 35.5. The van der Waals surface area contributed by atoms with E-state index < -0.39 is 40.2 Å². The van der Waals surface area contributed by atoms with Crippen LogP contribution in [0.25, 0.3) is 0 Å². The van der Waals surface area contributed by atoms with Crippen molar-refractivity contribution in [2.45, 2.75) is 30.8 Å². The SMILES string of the molecule is CC[C@H](C(=O)NC)N(Cc1ccc(Cl)cc1Cl)C(=O)CN(c1ccc(F)cc1)S(=O)(=O)c1ccc(OC)c(OC)c1. The summed E-state index contributed by atoms with van der Waals surface area (Å²) in [7, 11) is -0.204. The van der Waals surface area contributed by atoms with Crippen molar-refractivity contribution in [3.05, 3.63) is 82.1 Å². The van der Waals surface area contributed by atoms with E-state index in [4.69, 9.17) is 32.7 Å². The second-order valence-corrected chi connectivity index (χ2v) is 11.5. The van der Waals surface area contributed by atoms with Crippen LogP contribution in [-0.4, -0.2) is 59.0 Å². The van der Waals surface area contributed by atoms with Gasteiger partial charge in [-0.2, -0.15) is 0 Å². The number of sulfonamides is 1. The van der Waals surface area contributed by atoms with Crippen molar-refractivity contribution in [1.82, 2.24) is 10.2 Å². The van der Waals surface area contributed by atoms with Crippen molar-refractivity contribution in [3.63, 3.8) is 0 Å². The molecule has 0 spiro atoms. The lowest BCUT2D eigenvalue weighted by Crippen LogP contribution is -2.51. The zero-order valence-electron chi connectivity index (χ0n) is 22.9. The largest absolute Gasteiger partial charge is 0.493 e. The number of ether oxygens (including phenoxy) is 2. The summed E-state index contributed by atoms with van der Waals surface area (Å²) in [6.07, 6.45) is 0.232. The lowest BCUT2D eigenvalue weighted by atomic mass is 10.1. The molecule has 1 N–H and O–H groups in total. The van der Waals surface area contributed by atoms with Crippen LogP contribution in [0.4, 0.5) is 10.1 Å². The Labute approximate surface area is 248 Å². The van der Waals surface area contributed by atoms with Crippen molar-refractivity contribution < 1.29 is 31.9 Å². The zero-order valence-corrected chi connectivity index (χ0v) is 25.2. The zero-order chi connectivity index (χ0) is 30.3. The van der Waals surface area contributed by atoms with Crippen molar-refractivity contribution in [1.29, 1.82) is 0 Å². The maximum atomic E-state index is 14.0. The van der Waals surface area contributed by atoms with Gasteiger partial charge in [-0.25, -0.2) is 12.8 Å². The molecule has 9 nitrogen and oxygen atoms in total. The molecule has 0 saturated heterocycles. The van der Waals surface area contributed by atoms with Crippen LogP contribution in [0.5, 0.6) is 11.5 Å². The minimum absolute atomic E-state index is 0.0343. The number of amides is 2. The number of carbonyl (C=O) groups is 2. The van der Waals surface area contributed by atoms with Crippen molar-refractivity contribution in [2.24, 2.45) is 0 Å². The summed E-state index contributed by atoms with van der Waals surface area (Å²) in [6.45, 7) is 0.914. The maximum Gasteiger partial charge on any atom is 0.264 e. The highest BCUT2D eigenvalue weighted by Crippen LogP contribution is 2.33. The van der Waals surface area contributed by atoms with Crippen molar-refractivity contribution in [3.8, 4) is 11.5 Å². The summed E-state index contributed by atoms with van der Waals surface area (Å²) >= 11 is 12.4. The number of hydrogen-bond donors (Lipinski definition) is 1. The van der Waals surface area contributed by atoms with Crippen LogP contribution in [0.2, 0.25) is 10.0 Å². The number of anilines is 1. The number of carbonyl (C=O) groups excluding carboxylic acids is 2. The van der Waals surface area contributed by atoms with Gasteiger partial charge in [0.25, 0.3) is 10.0 Å². The Morgan fingerprint density at radius 1 is 0.976 bits per heavy atom. The molecule has 3 rings (SSSR count). The molecule has 1 atom stereocenters. The average molecular weight is 627 g/mol. The molecule has 0 aromatic heterocycles. The molecule has 0 unspecified atom stereocenters. The van der Waals surface area contributed by atoms with Crippen molar-refractivity contribution in [2.75, 3.05) is 32.1 Å². The molecule has 41 heavy (non-hydrogen) atoms. The molecular formula is C28H30Cl2FN3O6S. The van der Waals surface area contributed by atoms with Gasteiger partial charge in [0.1, 0.15) is 18.4 Å². The molecule has 3 aromatic carbocycles. The predicted octanol–water partition coefficient (Wildman–Crippen LogP) is 4.90. The van der Waals surface area contributed by atoms with Gasteiger partial charge in [-0.15, -0.1) is 0 Å². The van der Waals surface area contributed by atoms with Crippen LogP contribution in [-0.2, 0) is 26.2 Å². The molecule has 2 amide bonds. The van der Waals surface area contributed by atoms with E-state index in [9.17, 15) is 22.4 Å². The normalized spacial score (nSPS) is 11.9. The standard InChI is InChI=1S/C28H30Cl2FN3O6S/c1-5-24(28(36)32-2)33(16-18-6-7-19(29)14-23(18)30)27(35)17-34(21-10-8-20(31)9-11-21)41(37,38)22-12-13-25(39-3)26(15-22)40-4/h6-15,24H,5,16-17H2,1-4H3,(H,32,36)/t24-/m1/s1. The monoisotopic (exact) mass is 625 g/mol. The number of likely N-dealkylation sites (N-methyl/N-ethyl adjacent to an activating group) is 1. The summed E-state index contributed by atoms with van der Waals surface area (Å²) in [5.41, 5.74) is 0.537. The van der Waals surface area contributed by atoms with Gasteiger partial charge >= 0.3 is 0 Å². The van der Waals surface area contributed by atoms with E-state index in [1.165, 1.54) is 62.6 Å². The Hall–Kier alpha value is -3.54. The van der Waals surface area contributed by atoms with E-state index >= 15 is 0 Å². The summed E-state index contributed by atoms with van der Waals surface area (Å²) in [5, 5.41) is 3.21. The van der Waals surface area contributed by atoms with Gasteiger partial charge in [0.2, 0.25) is 11.8 Å². The van der Waals surface area contributed by atoms with Crippen LogP contribution < -0.4 is 19.1 Å². The van der Waals surface area contributed by atoms with Gasteiger partial charge in [0, 0.05) is 29.7 Å². The Bertz CT molecular complexity index is 1510. The Morgan fingerprint density at radius 3 is 2.20 bits per heavy atom. The number of methoxy groups -OCH3 is 2. The van der Waals surface area contributed by atoms with Gasteiger partial charge in [0.05, 0.1) is 24.8 Å². The highest BCUT2D eigenvalue weighted by Gasteiger charge is 2.34. The smallest absolute Gasteiger partial charge is 0.264 e. The fourth-order valence-electron chi connectivity index (χ4n) is 4.16. The first-order valence-electron chi connectivity index (χ1n) is 12.4. The van der Waals surface area contributed by atoms with Crippen LogP contribution in [0.1, 0.15) is 18.9 Å². The minimum atomic E-state index is -4.41. The van der Waals surface area contributed by atoms with Crippen LogP contribution >= 0.6 is 23.2 Å². The second kappa shape index (κ2) is 13.9. The third-order valence-electron chi connectivity index (χ3n) is 6.32. The molecule has 220 valence electrons. The minimum Gasteiger partial charge on any atom is -0.493 e. The van der Waals surface area contributed by atoms with E-state index in [0.717, 1.165) is 16.4 Å². The van der Waals surface area contributed by atoms with E-state index in [1.54, 1.807) is 19.1 Å². The summed E-state index contributed by atoms with van der Waals surface area (Å²) in [4.78, 5) is 27.8. The van der Waals surface area contributed by atoms with E-state index in [-0.39, 0.29) is 34.3 Å². The van der Waals surface area contributed by atoms with Crippen LogP contribution in [0.15, 0.2) is 65.6 Å². The quantitative estimate of drug-likeness (QED) is 0.307. The fourth-order valence-corrected chi connectivity index (χ4v) is 6.06. The van der Waals surface area contributed by atoms with Crippen LogP contribution in [0, 0.1) is 5.82 Å². The first-order valence-corrected chi connectivity index (χ1v) is 14.6. The predicted molar refractivity (Wildman–Crippen MR) is 156 cm³/mol. The molecular weight excluding hydrogens is 596 g/mol. The van der Waals surface area contributed by atoms with Crippen LogP contribution in [0.3, 0.4) is 0 Å². The fraction of sp³-hybridized carbons (Fsp3) is 0.286. The second-order valence-electron chi connectivity index (χ2n) is 8.80. The molecule has 0 radical (unpaired) electrons. The lowest BCUT2D eigenvalue weighted by molar-refractivity contribution is -0.140. The van der Waals surface area contributed by atoms with E-state index in [0.29, 0.717) is 16.3 Å². The number of halogens is 3. The van der Waals surface area contributed by atoms with Gasteiger partial charge < -0.3 is 19.7 Å². The first-order chi connectivity index (χ1) is 19.5.